The van der Waals surface area contributed by atoms with Crippen LogP contribution in [0.2, 0.25) is 0 Å². The Balaban J connectivity index is 1.92. The Morgan fingerprint density at radius 2 is 2.00 bits per heavy atom. The lowest BCUT2D eigenvalue weighted by atomic mass is 10.2. The maximum absolute atomic E-state index is 5.88. The molecule has 7 nitrogen and oxygen atoms in total. The van der Waals surface area contributed by atoms with E-state index in [1.807, 2.05) is 0 Å². The summed E-state index contributed by atoms with van der Waals surface area (Å²) in [6.07, 6.45) is 1.55. The van der Waals surface area contributed by atoms with Gasteiger partial charge in [0.25, 0.3) is 0 Å². The molecule has 0 unspecified atom stereocenters. The van der Waals surface area contributed by atoms with Gasteiger partial charge in [-0.1, -0.05) is 0 Å². The monoisotopic (exact) mass is 248 g/mol. The standard InChI is InChI=1S/C11H12N4O3/c1-15-6-13-11(14-15)18-8-5-10-9(4-7(8)12)16-2-3-17-10/h4-6H,2-3,12H2,1H3. The van der Waals surface area contributed by atoms with Crippen molar-refractivity contribution in [1.29, 1.82) is 0 Å². The third-order valence-electron chi connectivity index (χ3n) is 2.45. The largest absolute Gasteiger partial charge is 0.486 e. The number of nitrogens with two attached hydrogens (primary N) is 1. The smallest absolute Gasteiger partial charge is 0.341 e. The molecule has 1 aromatic heterocycles. The summed E-state index contributed by atoms with van der Waals surface area (Å²) in [7, 11) is 1.76. The maximum atomic E-state index is 5.88. The minimum absolute atomic E-state index is 0.237. The lowest BCUT2D eigenvalue weighted by molar-refractivity contribution is 0.171. The first-order valence-corrected chi connectivity index (χ1v) is 5.45. The summed E-state index contributed by atoms with van der Waals surface area (Å²) in [4.78, 5) is 3.97. The SMILES string of the molecule is Cn1cnc(Oc2cc3c(cc2N)OCCO3)n1. The number of aromatic nitrogens is 3. The van der Waals surface area contributed by atoms with Crippen LogP contribution in [0.5, 0.6) is 23.3 Å². The quantitative estimate of drug-likeness (QED) is 0.797. The fourth-order valence-corrected chi connectivity index (χ4v) is 1.64. The van der Waals surface area contributed by atoms with Gasteiger partial charge in [0, 0.05) is 19.2 Å². The molecule has 2 heterocycles. The highest BCUT2D eigenvalue weighted by atomic mass is 16.6. The molecule has 18 heavy (non-hydrogen) atoms. The molecule has 3 rings (SSSR count). The Hall–Kier alpha value is -2.44. The fraction of sp³-hybridized carbons (Fsp3) is 0.273. The zero-order valence-electron chi connectivity index (χ0n) is 9.79. The number of fused-ring (bicyclic) bond motifs is 1. The second kappa shape index (κ2) is 4.10. The lowest BCUT2D eigenvalue weighted by Gasteiger charge is -2.19. The Morgan fingerprint density at radius 1 is 1.28 bits per heavy atom. The Labute approximate surface area is 103 Å². The van der Waals surface area contributed by atoms with E-state index >= 15 is 0 Å². The summed E-state index contributed by atoms with van der Waals surface area (Å²) in [6, 6.07) is 3.59. The third-order valence-corrected chi connectivity index (χ3v) is 2.45. The molecule has 1 aliphatic rings. The highest BCUT2D eigenvalue weighted by Gasteiger charge is 2.16. The van der Waals surface area contributed by atoms with Gasteiger partial charge in [-0.3, -0.25) is 4.68 Å². The highest BCUT2D eigenvalue weighted by molar-refractivity contribution is 5.62. The predicted molar refractivity (Wildman–Crippen MR) is 62.9 cm³/mol. The number of rotatable bonds is 2. The topological polar surface area (TPSA) is 84.4 Å². The molecule has 0 spiro atoms. The molecule has 1 aliphatic heterocycles. The molecule has 1 aromatic carbocycles. The Morgan fingerprint density at radius 3 is 2.67 bits per heavy atom. The Bertz CT molecular complexity index is 582. The number of nitrogen functional groups attached to an aromatic ring is 1. The molecule has 0 amide bonds. The van der Waals surface area contributed by atoms with E-state index in [1.165, 1.54) is 0 Å². The molecule has 0 atom stereocenters. The maximum Gasteiger partial charge on any atom is 0.341 e. The van der Waals surface area contributed by atoms with E-state index in [1.54, 1.807) is 30.2 Å². The first-order chi connectivity index (χ1) is 8.72. The van der Waals surface area contributed by atoms with Gasteiger partial charge in [0.05, 0.1) is 5.69 Å². The summed E-state index contributed by atoms with van der Waals surface area (Å²) in [5, 5.41) is 4.01. The van der Waals surface area contributed by atoms with E-state index in [2.05, 4.69) is 10.1 Å². The van der Waals surface area contributed by atoms with Crippen molar-refractivity contribution in [3.63, 3.8) is 0 Å². The zero-order valence-corrected chi connectivity index (χ0v) is 9.79. The van der Waals surface area contributed by atoms with E-state index in [-0.39, 0.29) is 6.01 Å². The van der Waals surface area contributed by atoms with Crippen LogP contribution in [0.25, 0.3) is 0 Å². The van der Waals surface area contributed by atoms with Crippen LogP contribution in [0.15, 0.2) is 18.5 Å². The van der Waals surface area contributed by atoms with Crippen molar-refractivity contribution in [3.05, 3.63) is 18.5 Å². The molecule has 0 fully saturated rings. The molecule has 0 saturated carbocycles. The van der Waals surface area contributed by atoms with Crippen LogP contribution in [0, 0.1) is 0 Å². The molecular weight excluding hydrogens is 236 g/mol. The van der Waals surface area contributed by atoms with Crippen LogP contribution in [-0.2, 0) is 7.05 Å². The van der Waals surface area contributed by atoms with Gasteiger partial charge in [0.1, 0.15) is 19.5 Å². The number of hydrogen-bond donors (Lipinski definition) is 1. The number of aryl methyl sites for hydroxylation is 1. The van der Waals surface area contributed by atoms with E-state index in [9.17, 15) is 0 Å². The molecule has 0 radical (unpaired) electrons. The van der Waals surface area contributed by atoms with E-state index in [4.69, 9.17) is 19.9 Å². The van der Waals surface area contributed by atoms with Crippen molar-refractivity contribution in [3.8, 4) is 23.3 Å². The number of hydrogen-bond acceptors (Lipinski definition) is 6. The molecule has 0 bridgehead atoms. The van der Waals surface area contributed by atoms with E-state index in [0.717, 1.165) is 0 Å². The first kappa shape index (κ1) is 10.7. The molecule has 0 aliphatic carbocycles. The Kier molecular flexibility index (Phi) is 2.44. The van der Waals surface area contributed by atoms with Gasteiger partial charge in [-0.15, -0.1) is 5.10 Å². The third kappa shape index (κ3) is 1.90. The van der Waals surface area contributed by atoms with Crippen molar-refractivity contribution in [1.82, 2.24) is 14.8 Å². The number of nitrogens with zero attached hydrogens (tertiary/aromatic N) is 3. The summed E-state index contributed by atoms with van der Waals surface area (Å²) in [5.74, 6) is 1.69. The number of ether oxygens (including phenoxy) is 3. The van der Waals surface area contributed by atoms with Crippen molar-refractivity contribution in [2.24, 2.45) is 7.05 Å². The van der Waals surface area contributed by atoms with Crippen molar-refractivity contribution in [2.75, 3.05) is 18.9 Å². The minimum atomic E-state index is 0.237. The van der Waals surface area contributed by atoms with Gasteiger partial charge in [-0.25, -0.2) is 0 Å². The van der Waals surface area contributed by atoms with Gasteiger partial charge >= 0.3 is 6.01 Å². The summed E-state index contributed by atoms with van der Waals surface area (Å²) in [6.45, 7) is 1.03. The molecule has 94 valence electrons. The van der Waals surface area contributed by atoms with Gasteiger partial charge in [-0.05, 0) is 0 Å². The van der Waals surface area contributed by atoms with Crippen molar-refractivity contribution in [2.45, 2.75) is 0 Å². The molecular formula is C11H12N4O3. The minimum Gasteiger partial charge on any atom is -0.486 e. The number of anilines is 1. The van der Waals surface area contributed by atoms with Crippen LogP contribution in [0.3, 0.4) is 0 Å². The van der Waals surface area contributed by atoms with Gasteiger partial charge in [-0.2, -0.15) is 4.98 Å². The second-order valence-corrected chi connectivity index (χ2v) is 3.84. The van der Waals surface area contributed by atoms with Crippen LogP contribution in [0.1, 0.15) is 0 Å². The summed E-state index contributed by atoms with van der Waals surface area (Å²) in [5.41, 5.74) is 6.33. The fourth-order valence-electron chi connectivity index (χ4n) is 1.64. The summed E-state index contributed by atoms with van der Waals surface area (Å²) < 4.78 is 17.9. The molecule has 7 heteroatoms. The van der Waals surface area contributed by atoms with Crippen LogP contribution >= 0.6 is 0 Å². The molecule has 2 aromatic rings. The average Bonchev–Trinajstić information content (AvgIpc) is 2.76. The van der Waals surface area contributed by atoms with E-state index in [0.29, 0.717) is 36.1 Å². The summed E-state index contributed by atoms with van der Waals surface area (Å²) >= 11 is 0. The zero-order chi connectivity index (χ0) is 12.5. The predicted octanol–water partition coefficient (Wildman–Crippen LogP) is 0.961. The van der Waals surface area contributed by atoms with E-state index < -0.39 is 0 Å². The normalized spacial score (nSPS) is 13.4. The molecule has 2 N–H and O–H groups in total. The van der Waals surface area contributed by atoms with Gasteiger partial charge in [0.2, 0.25) is 0 Å². The van der Waals surface area contributed by atoms with Gasteiger partial charge < -0.3 is 19.9 Å². The highest BCUT2D eigenvalue weighted by Crippen LogP contribution is 2.39. The van der Waals surface area contributed by atoms with Crippen LogP contribution in [0.4, 0.5) is 5.69 Å². The van der Waals surface area contributed by atoms with Crippen LogP contribution in [-0.4, -0.2) is 28.0 Å². The molecule has 0 saturated heterocycles. The van der Waals surface area contributed by atoms with Gasteiger partial charge in [0.15, 0.2) is 17.2 Å². The van der Waals surface area contributed by atoms with Crippen molar-refractivity contribution >= 4 is 5.69 Å². The first-order valence-electron chi connectivity index (χ1n) is 5.45. The average molecular weight is 248 g/mol. The van der Waals surface area contributed by atoms with Crippen molar-refractivity contribution < 1.29 is 14.2 Å². The van der Waals surface area contributed by atoms with Crippen LogP contribution < -0.4 is 19.9 Å². The number of benzene rings is 1. The lowest BCUT2D eigenvalue weighted by Crippen LogP contribution is -2.15. The second-order valence-electron chi connectivity index (χ2n) is 3.84.